The van der Waals surface area contributed by atoms with Crippen LogP contribution in [-0.4, -0.2) is 103 Å². The van der Waals surface area contributed by atoms with Crippen molar-refractivity contribution in [1.82, 2.24) is 19.7 Å². The zero-order valence-electron chi connectivity index (χ0n) is 23.5. The van der Waals surface area contributed by atoms with Crippen molar-refractivity contribution in [2.75, 3.05) is 65.6 Å². The Morgan fingerprint density at radius 1 is 1.10 bits per heavy atom. The molecular formula is C30H35F4N5O3. The summed E-state index contributed by atoms with van der Waals surface area (Å²) in [5, 5.41) is 5.28. The van der Waals surface area contributed by atoms with Crippen LogP contribution in [0, 0.1) is 5.82 Å². The van der Waals surface area contributed by atoms with Crippen molar-refractivity contribution in [2.24, 2.45) is 5.16 Å². The highest BCUT2D eigenvalue weighted by molar-refractivity contribution is 5.95. The summed E-state index contributed by atoms with van der Waals surface area (Å²) in [7, 11) is 0. The molecule has 2 saturated heterocycles. The quantitative estimate of drug-likeness (QED) is 0.173. The number of carbonyl (C=O) groups excluding carboxylic acids is 1. The van der Waals surface area contributed by atoms with Crippen LogP contribution >= 0.6 is 0 Å². The molecule has 42 heavy (non-hydrogen) atoms. The normalized spacial score (nSPS) is 19.4. The lowest BCUT2D eigenvalue weighted by atomic mass is 9.99. The number of hydrogen-bond acceptors (Lipinski definition) is 6. The summed E-state index contributed by atoms with van der Waals surface area (Å²) < 4.78 is 59.7. The van der Waals surface area contributed by atoms with Crippen LogP contribution in [0.4, 0.5) is 17.6 Å². The predicted molar refractivity (Wildman–Crippen MR) is 151 cm³/mol. The standard InChI is InChI=1S/C30H35F4N5O3/c1-21(36-42-13-10-37-8-11-41-12-9-37)19-38-6-7-39(29(40)22-14-24(30(32,33)34)17-25(31)15-22)26(20-38)16-23-18-35-28-5-3-2-4-27(23)28/h2-5,14-15,17-18,26,35H,6-13,16,19-20H2,1H3/t26-/m1/s1. The molecule has 0 spiro atoms. The lowest BCUT2D eigenvalue weighted by Gasteiger charge is -2.41. The monoisotopic (exact) mass is 589 g/mol. The van der Waals surface area contributed by atoms with Crippen molar-refractivity contribution < 1.29 is 31.9 Å². The number of para-hydroxylation sites is 1. The fourth-order valence-corrected chi connectivity index (χ4v) is 5.61. The van der Waals surface area contributed by atoms with Gasteiger partial charge in [0.2, 0.25) is 0 Å². The number of piperazine rings is 1. The van der Waals surface area contributed by atoms with Crippen LogP contribution in [0.15, 0.2) is 53.8 Å². The smallest absolute Gasteiger partial charge is 0.394 e. The van der Waals surface area contributed by atoms with Gasteiger partial charge in [0.1, 0.15) is 12.4 Å². The van der Waals surface area contributed by atoms with E-state index in [1.807, 2.05) is 37.4 Å². The first-order valence-corrected chi connectivity index (χ1v) is 14.1. The number of amides is 1. The summed E-state index contributed by atoms with van der Waals surface area (Å²) in [6.45, 7) is 8.05. The van der Waals surface area contributed by atoms with Crippen LogP contribution in [0.1, 0.15) is 28.4 Å². The number of ether oxygens (including phenoxy) is 1. The van der Waals surface area contributed by atoms with Crippen LogP contribution in [0.3, 0.4) is 0 Å². The SMILES string of the molecule is CC(CN1CCN(C(=O)c2cc(F)cc(C(F)(F)F)c2)[C@H](Cc2c[nH]c3ccccc23)C1)=NOCCN1CCOCC1. The van der Waals surface area contributed by atoms with Gasteiger partial charge in [-0.15, -0.1) is 0 Å². The average molecular weight is 590 g/mol. The Morgan fingerprint density at radius 2 is 1.88 bits per heavy atom. The second-order valence-corrected chi connectivity index (χ2v) is 10.8. The Hall–Kier alpha value is -3.48. The van der Waals surface area contributed by atoms with Gasteiger partial charge in [-0.05, 0) is 43.2 Å². The Balaban J connectivity index is 1.30. The van der Waals surface area contributed by atoms with Gasteiger partial charge in [0, 0.05) is 74.5 Å². The lowest BCUT2D eigenvalue weighted by Crippen LogP contribution is -2.56. The van der Waals surface area contributed by atoms with Gasteiger partial charge in [0.05, 0.1) is 24.5 Å². The van der Waals surface area contributed by atoms with Crippen LogP contribution in [0.5, 0.6) is 0 Å². The Kier molecular flexibility index (Phi) is 9.44. The molecule has 2 aliphatic rings. The molecule has 0 unspecified atom stereocenters. The van der Waals surface area contributed by atoms with Crippen molar-refractivity contribution in [3.05, 3.63) is 71.2 Å². The van der Waals surface area contributed by atoms with Gasteiger partial charge in [-0.1, -0.05) is 23.4 Å². The van der Waals surface area contributed by atoms with Crippen molar-refractivity contribution in [3.63, 3.8) is 0 Å². The van der Waals surface area contributed by atoms with E-state index in [2.05, 4.69) is 19.9 Å². The Labute approximate surface area is 241 Å². The highest BCUT2D eigenvalue weighted by Gasteiger charge is 2.35. The summed E-state index contributed by atoms with van der Waals surface area (Å²) in [5.74, 6) is -1.72. The fraction of sp³-hybridized carbons (Fsp3) is 0.467. The van der Waals surface area contributed by atoms with Crippen molar-refractivity contribution in [3.8, 4) is 0 Å². The summed E-state index contributed by atoms with van der Waals surface area (Å²) in [6.07, 6.45) is -2.40. The van der Waals surface area contributed by atoms with E-state index < -0.39 is 23.5 Å². The summed E-state index contributed by atoms with van der Waals surface area (Å²) in [4.78, 5) is 28.4. The number of fused-ring (bicyclic) bond motifs is 1. The van der Waals surface area contributed by atoms with Crippen molar-refractivity contribution >= 4 is 22.5 Å². The van der Waals surface area contributed by atoms with E-state index in [9.17, 15) is 22.4 Å². The number of halogens is 4. The van der Waals surface area contributed by atoms with Crippen LogP contribution in [-0.2, 0) is 22.2 Å². The fourth-order valence-electron chi connectivity index (χ4n) is 5.61. The number of morpholine rings is 1. The van der Waals surface area contributed by atoms with Gasteiger partial charge >= 0.3 is 6.18 Å². The molecule has 0 radical (unpaired) electrons. The van der Waals surface area contributed by atoms with E-state index >= 15 is 0 Å². The van der Waals surface area contributed by atoms with E-state index in [1.165, 1.54) is 0 Å². The minimum absolute atomic E-state index is 0.273. The first-order valence-electron chi connectivity index (χ1n) is 14.1. The molecule has 2 aliphatic heterocycles. The van der Waals surface area contributed by atoms with E-state index in [4.69, 9.17) is 9.57 Å². The number of nitrogens with zero attached hydrogens (tertiary/aromatic N) is 4. The number of aromatic nitrogens is 1. The Bertz CT molecular complexity index is 1400. The minimum atomic E-state index is -4.76. The number of H-pyrrole nitrogens is 1. The maximum atomic E-state index is 14.2. The number of alkyl halides is 3. The highest BCUT2D eigenvalue weighted by atomic mass is 19.4. The second kappa shape index (κ2) is 13.2. The highest BCUT2D eigenvalue weighted by Crippen LogP contribution is 2.31. The molecule has 0 bridgehead atoms. The van der Waals surface area contributed by atoms with E-state index in [0.29, 0.717) is 38.7 Å². The molecule has 1 amide bonds. The third-order valence-electron chi connectivity index (χ3n) is 7.71. The third-order valence-corrected chi connectivity index (χ3v) is 7.71. The third kappa shape index (κ3) is 7.47. The zero-order valence-corrected chi connectivity index (χ0v) is 23.5. The maximum Gasteiger partial charge on any atom is 0.416 e. The first kappa shape index (κ1) is 30.0. The van der Waals surface area contributed by atoms with Gasteiger partial charge in [0.15, 0.2) is 0 Å². The summed E-state index contributed by atoms with van der Waals surface area (Å²) >= 11 is 0. The molecule has 0 aliphatic carbocycles. The number of oxime groups is 1. The molecule has 226 valence electrons. The molecule has 3 aromatic rings. The molecule has 2 fully saturated rings. The molecule has 3 heterocycles. The maximum absolute atomic E-state index is 14.2. The topological polar surface area (TPSA) is 73.4 Å². The number of hydrogen-bond donors (Lipinski definition) is 1. The summed E-state index contributed by atoms with van der Waals surface area (Å²) in [6, 6.07) is 9.44. The molecule has 1 atom stereocenters. The van der Waals surface area contributed by atoms with Gasteiger partial charge in [-0.25, -0.2) is 4.39 Å². The van der Waals surface area contributed by atoms with Crippen LogP contribution in [0.2, 0.25) is 0 Å². The second-order valence-electron chi connectivity index (χ2n) is 10.8. The molecule has 8 nitrogen and oxygen atoms in total. The van der Waals surface area contributed by atoms with Gasteiger partial charge < -0.3 is 19.5 Å². The van der Waals surface area contributed by atoms with Crippen LogP contribution in [0.25, 0.3) is 10.9 Å². The number of aromatic amines is 1. The molecular weight excluding hydrogens is 554 g/mol. The van der Waals surface area contributed by atoms with Gasteiger partial charge in [0.25, 0.3) is 5.91 Å². The summed E-state index contributed by atoms with van der Waals surface area (Å²) in [5.41, 5.74) is 1.23. The van der Waals surface area contributed by atoms with Crippen molar-refractivity contribution in [1.29, 1.82) is 0 Å². The number of benzene rings is 2. The van der Waals surface area contributed by atoms with E-state index in [-0.39, 0.29) is 18.2 Å². The molecule has 2 aromatic carbocycles. The molecule has 1 N–H and O–H groups in total. The van der Waals surface area contributed by atoms with Crippen molar-refractivity contribution in [2.45, 2.75) is 25.6 Å². The Morgan fingerprint density at radius 3 is 2.67 bits per heavy atom. The van der Waals surface area contributed by atoms with Crippen LogP contribution < -0.4 is 0 Å². The number of nitrogens with one attached hydrogen (secondary N) is 1. The first-order chi connectivity index (χ1) is 20.2. The van der Waals surface area contributed by atoms with Gasteiger partial charge in [-0.2, -0.15) is 13.2 Å². The number of rotatable bonds is 9. The zero-order chi connectivity index (χ0) is 29.7. The molecule has 5 rings (SSSR count). The number of carbonyl (C=O) groups is 1. The average Bonchev–Trinajstić information content (AvgIpc) is 3.37. The molecule has 12 heteroatoms. The van der Waals surface area contributed by atoms with E-state index in [1.54, 1.807) is 4.90 Å². The minimum Gasteiger partial charge on any atom is -0.394 e. The lowest BCUT2D eigenvalue weighted by molar-refractivity contribution is -0.137. The van der Waals surface area contributed by atoms with E-state index in [0.717, 1.165) is 67.2 Å². The molecule has 1 aromatic heterocycles. The predicted octanol–water partition coefficient (Wildman–Crippen LogP) is 4.42. The van der Waals surface area contributed by atoms with Gasteiger partial charge in [-0.3, -0.25) is 14.6 Å². The largest absolute Gasteiger partial charge is 0.416 e. The molecule has 0 saturated carbocycles.